The highest BCUT2D eigenvalue weighted by Gasteiger charge is 2.30. The summed E-state index contributed by atoms with van der Waals surface area (Å²) >= 11 is 3.25. The molecule has 0 saturated carbocycles. The van der Waals surface area contributed by atoms with Crippen molar-refractivity contribution in [3.63, 3.8) is 0 Å². The van der Waals surface area contributed by atoms with E-state index in [9.17, 15) is 9.18 Å². The molecule has 0 aliphatic heterocycles. The SMILES string of the molecule is CCC(C)(NCc1ccc(F)cc1Br)C(=O)O. The fourth-order valence-corrected chi connectivity index (χ4v) is 1.80. The Kier molecular flexibility index (Phi) is 4.65. The van der Waals surface area contributed by atoms with Crippen LogP contribution in [0.1, 0.15) is 25.8 Å². The average Bonchev–Trinajstić information content (AvgIpc) is 2.27. The van der Waals surface area contributed by atoms with Crippen molar-refractivity contribution in [3.8, 4) is 0 Å². The first-order valence-corrected chi connectivity index (χ1v) is 6.10. The Labute approximate surface area is 108 Å². The van der Waals surface area contributed by atoms with Gasteiger partial charge in [-0.15, -0.1) is 0 Å². The number of rotatable bonds is 5. The minimum absolute atomic E-state index is 0.322. The molecule has 3 nitrogen and oxygen atoms in total. The zero-order valence-corrected chi connectivity index (χ0v) is 11.3. The number of carbonyl (C=O) groups is 1. The van der Waals surface area contributed by atoms with E-state index in [0.29, 0.717) is 17.4 Å². The van der Waals surface area contributed by atoms with Gasteiger partial charge in [0, 0.05) is 11.0 Å². The Morgan fingerprint density at radius 3 is 2.71 bits per heavy atom. The van der Waals surface area contributed by atoms with Crippen molar-refractivity contribution >= 4 is 21.9 Å². The predicted octanol–water partition coefficient (Wildman–Crippen LogP) is 2.93. The summed E-state index contributed by atoms with van der Waals surface area (Å²) in [6.45, 7) is 3.81. The number of hydrogen-bond acceptors (Lipinski definition) is 2. The zero-order chi connectivity index (χ0) is 13.1. The molecule has 1 aromatic rings. The summed E-state index contributed by atoms with van der Waals surface area (Å²) in [7, 11) is 0. The van der Waals surface area contributed by atoms with Crippen molar-refractivity contribution < 1.29 is 14.3 Å². The number of carboxylic acids is 1. The Bertz CT molecular complexity index is 425. The lowest BCUT2D eigenvalue weighted by atomic mass is 9.99. The van der Waals surface area contributed by atoms with Crippen LogP contribution in [0.15, 0.2) is 22.7 Å². The summed E-state index contributed by atoms with van der Waals surface area (Å²) in [5, 5.41) is 12.1. The number of aliphatic carboxylic acids is 1. The molecule has 94 valence electrons. The molecule has 17 heavy (non-hydrogen) atoms. The molecule has 1 unspecified atom stereocenters. The third-order valence-electron chi connectivity index (χ3n) is 2.86. The molecule has 0 fully saturated rings. The van der Waals surface area contributed by atoms with Crippen molar-refractivity contribution in [2.45, 2.75) is 32.4 Å². The van der Waals surface area contributed by atoms with Crippen molar-refractivity contribution in [2.75, 3.05) is 0 Å². The lowest BCUT2D eigenvalue weighted by Gasteiger charge is -2.25. The third kappa shape index (κ3) is 3.51. The Balaban J connectivity index is 2.76. The molecule has 0 bridgehead atoms. The third-order valence-corrected chi connectivity index (χ3v) is 3.60. The van der Waals surface area contributed by atoms with Crippen molar-refractivity contribution in [1.29, 1.82) is 0 Å². The van der Waals surface area contributed by atoms with E-state index in [4.69, 9.17) is 5.11 Å². The summed E-state index contributed by atoms with van der Waals surface area (Å²) in [5.74, 6) is -1.21. The van der Waals surface area contributed by atoms with E-state index in [1.807, 2.05) is 0 Å². The standard InChI is InChI=1S/C12H15BrFNO2/c1-3-12(2,11(16)17)15-7-8-4-5-9(14)6-10(8)13/h4-6,15H,3,7H2,1-2H3,(H,16,17). The molecule has 0 radical (unpaired) electrons. The van der Waals surface area contributed by atoms with Gasteiger partial charge in [-0.3, -0.25) is 10.1 Å². The van der Waals surface area contributed by atoms with Gasteiger partial charge in [-0.05, 0) is 31.0 Å². The van der Waals surface area contributed by atoms with Gasteiger partial charge >= 0.3 is 5.97 Å². The number of benzene rings is 1. The molecule has 0 aromatic heterocycles. The Morgan fingerprint density at radius 1 is 1.59 bits per heavy atom. The van der Waals surface area contributed by atoms with Gasteiger partial charge in [0.25, 0.3) is 0 Å². The molecule has 0 aliphatic carbocycles. The van der Waals surface area contributed by atoms with Crippen LogP contribution in [-0.2, 0) is 11.3 Å². The molecule has 1 aromatic carbocycles. The van der Waals surface area contributed by atoms with E-state index in [2.05, 4.69) is 21.2 Å². The quantitative estimate of drug-likeness (QED) is 0.879. The number of carboxylic acid groups (broad SMARTS) is 1. The lowest BCUT2D eigenvalue weighted by Crippen LogP contribution is -2.48. The van der Waals surface area contributed by atoms with Gasteiger partial charge in [-0.1, -0.05) is 28.9 Å². The second-order valence-electron chi connectivity index (χ2n) is 4.08. The van der Waals surface area contributed by atoms with Crippen LogP contribution >= 0.6 is 15.9 Å². The van der Waals surface area contributed by atoms with Gasteiger partial charge in [0.1, 0.15) is 11.4 Å². The molecule has 0 aliphatic rings. The maximum Gasteiger partial charge on any atom is 0.323 e. The Hall–Kier alpha value is -0.940. The van der Waals surface area contributed by atoms with Crippen LogP contribution in [0.25, 0.3) is 0 Å². The molecular weight excluding hydrogens is 289 g/mol. The molecule has 0 amide bonds. The van der Waals surface area contributed by atoms with Crippen molar-refractivity contribution in [2.24, 2.45) is 0 Å². The summed E-state index contributed by atoms with van der Waals surface area (Å²) < 4.78 is 13.5. The fourth-order valence-electron chi connectivity index (χ4n) is 1.31. The molecule has 0 heterocycles. The van der Waals surface area contributed by atoms with Crippen LogP contribution in [0.5, 0.6) is 0 Å². The van der Waals surface area contributed by atoms with Gasteiger partial charge in [0.15, 0.2) is 0 Å². The summed E-state index contributed by atoms with van der Waals surface area (Å²) in [6, 6.07) is 4.34. The molecule has 5 heteroatoms. The first-order chi connectivity index (χ1) is 7.89. The van der Waals surface area contributed by atoms with Crippen LogP contribution in [0.2, 0.25) is 0 Å². The predicted molar refractivity (Wildman–Crippen MR) is 67.3 cm³/mol. The number of halogens is 2. The largest absolute Gasteiger partial charge is 0.480 e. The van der Waals surface area contributed by atoms with Crippen molar-refractivity contribution in [1.82, 2.24) is 5.32 Å². The van der Waals surface area contributed by atoms with Crippen LogP contribution in [-0.4, -0.2) is 16.6 Å². The minimum atomic E-state index is -0.964. The van der Waals surface area contributed by atoms with Crippen molar-refractivity contribution in [3.05, 3.63) is 34.1 Å². The molecule has 0 spiro atoms. The number of nitrogens with one attached hydrogen (secondary N) is 1. The molecule has 1 rings (SSSR count). The van der Waals surface area contributed by atoms with E-state index in [0.717, 1.165) is 5.56 Å². The molecule has 0 saturated heterocycles. The minimum Gasteiger partial charge on any atom is -0.480 e. The normalized spacial score (nSPS) is 14.4. The van der Waals surface area contributed by atoms with Crippen LogP contribution in [0, 0.1) is 5.82 Å². The van der Waals surface area contributed by atoms with E-state index in [1.54, 1.807) is 19.9 Å². The van der Waals surface area contributed by atoms with E-state index in [1.165, 1.54) is 12.1 Å². The summed E-state index contributed by atoms with van der Waals surface area (Å²) in [6.07, 6.45) is 0.473. The molecular formula is C12H15BrFNO2. The zero-order valence-electron chi connectivity index (χ0n) is 9.76. The number of hydrogen-bond donors (Lipinski definition) is 2. The first kappa shape index (κ1) is 14.1. The molecule has 1 atom stereocenters. The van der Waals surface area contributed by atoms with Crippen LogP contribution < -0.4 is 5.32 Å². The van der Waals surface area contributed by atoms with E-state index in [-0.39, 0.29) is 5.82 Å². The topological polar surface area (TPSA) is 49.3 Å². The van der Waals surface area contributed by atoms with Crippen LogP contribution in [0.4, 0.5) is 4.39 Å². The van der Waals surface area contributed by atoms with E-state index >= 15 is 0 Å². The Morgan fingerprint density at radius 2 is 2.24 bits per heavy atom. The second kappa shape index (κ2) is 5.60. The summed E-state index contributed by atoms with van der Waals surface area (Å²) in [4.78, 5) is 11.1. The highest BCUT2D eigenvalue weighted by Crippen LogP contribution is 2.19. The monoisotopic (exact) mass is 303 g/mol. The maximum atomic E-state index is 12.9. The first-order valence-electron chi connectivity index (χ1n) is 5.31. The highest BCUT2D eigenvalue weighted by molar-refractivity contribution is 9.10. The molecule has 2 N–H and O–H groups in total. The van der Waals surface area contributed by atoms with Gasteiger partial charge in [0.2, 0.25) is 0 Å². The van der Waals surface area contributed by atoms with Gasteiger partial charge in [0.05, 0.1) is 0 Å². The van der Waals surface area contributed by atoms with Gasteiger partial charge < -0.3 is 5.11 Å². The van der Waals surface area contributed by atoms with Gasteiger partial charge in [-0.2, -0.15) is 0 Å². The smallest absolute Gasteiger partial charge is 0.323 e. The van der Waals surface area contributed by atoms with Gasteiger partial charge in [-0.25, -0.2) is 4.39 Å². The van der Waals surface area contributed by atoms with Crippen LogP contribution in [0.3, 0.4) is 0 Å². The second-order valence-corrected chi connectivity index (χ2v) is 4.93. The maximum absolute atomic E-state index is 12.9. The van der Waals surface area contributed by atoms with E-state index < -0.39 is 11.5 Å². The highest BCUT2D eigenvalue weighted by atomic mass is 79.9. The lowest BCUT2D eigenvalue weighted by molar-refractivity contribution is -0.144. The summed E-state index contributed by atoms with van der Waals surface area (Å²) in [5.41, 5.74) is -0.138. The average molecular weight is 304 g/mol. The fraction of sp³-hybridized carbons (Fsp3) is 0.417.